The normalized spacial score (nSPS) is 15.3. The number of ketones is 1. The van der Waals surface area contributed by atoms with Crippen molar-refractivity contribution in [3.63, 3.8) is 0 Å². The molecule has 0 aliphatic carbocycles. The molecule has 1 fully saturated rings. The maximum absolute atomic E-state index is 13.6. The van der Waals surface area contributed by atoms with Gasteiger partial charge in [-0.15, -0.1) is 0 Å². The lowest BCUT2D eigenvalue weighted by atomic mass is 9.96. The van der Waals surface area contributed by atoms with E-state index >= 15 is 0 Å². The second kappa shape index (κ2) is 12.0. The Hall–Kier alpha value is -4.75. The van der Waals surface area contributed by atoms with Gasteiger partial charge < -0.3 is 14.5 Å². The van der Waals surface area contributed by atoms with E-state index in [1.807, 2.05) is 41.3 Å². The molecule has 7 nitrogen and oxygen atoms in total. The molecular formula is C35H33N3O4. The first-order valence-corrected chi connectivity index (χ1v) is 14.3. The van der Waals surface area contributed by atoms with Gasteiger partial charge in [-0.1, -0.05) is 72.8 Å². The van der Waals surface area contributed by atoms with E-state index in [-0.39, 0.29) is 36.8 Å². The largest absolute Gasteiger partial charge is 0.482 e. The van der Waals surface area contributed by atoms with Crippen LogP contribution in [-0.2, 0) is 11.3 Å². The maximum atomic E-state index is 13.6. The van der Waals surface area contributed by atoms with Gasteiger partial charge in [-0.3, -0.25) is 19.3 Å². The molecule has 2 amide bonds. The summed E-state index contributed by atoms with van der Waals surface area (Å²) in [7, 11) is 0. The van der Waals surface area contributed by atoms with Gasteiger partial charge in [-0.2, -0.15) is 0 Å². The fourth-order valence-electron chi connectivity index (χ4n) is 5.83. The summed E-state index contributed by atoms with van der Waals surface area (Å²) in [6, 6.07) is 33.7. The molecule has 42 heavy (non-hydrogen) atoms. The summed E-state index contributed by atoms with van der Waals surface area (Å²) >= 11 is 0. The summed E-state index contributed by atoms with van der Waals surface area (Å²) in [4.78, 5) is 44.4. The molecule has 2 aliphatic rings. The Morgan fingerprint density at radius 3 is 2.07 bits per heavy atom. The maximum Gasteiger partial charge on any atom is 0.265 e. The monoisotopic (exact) mass is 559 g/mol. The Morgan fingerprint density at radius 2 is 1.43 bits per heavy atom. The molecule has 0 unspecified atom stereocenters. The van der Waals surface area contributed by atoms with Gasteiger partial charge in [-0.25, -0.2) is 0 Å². The number of piperazine rings is 1. The summed E-state index contributed by atoms with van der Waals surface area (Å²) in [6.45, 7) is 4.49. The van der Waals surface area contributed by atoms with E-state index in [0.717, 1.165) is 18.7 Å². The molecule has 0 bridgehead atoms. The lowest BCUT2D eigenvalue weighted by Crippen LogP contribution is -2.49. The number of carbonyl (C=O) groups excluding carboxylic acids is 3. The fraction of sp³-hybridized carbons (Fsp3) is 0.229. The van der Waals surface area contributed by atoms with Crippen LogP contribution in [0.4, 0.5) is 5.69 Å². The second-order valence-electron chi connectivity index (χ2n) is 10.8. The van der Waals surface area contributed by atoms with Crippen LogP contribution in [0.1, 0.15) is 50.4 Å². The molecule has 0 radical (unpaired) electrons. The Labute approximate surface area is 245 Å². The van der Waals surface area contributed by atoms with Gasteiger partial charge in [0, 0.05) is 37.3 Å². The molecule has 2 heterocycles. The topological polar surface area (TPSA) is 70.2 Å². The fourth-order valence-corrected chi connectivity index (χ4v) is 5.83. The average molecular weight is 560 g/mol. The molecule has 212 valence electrons. The highest BCUT2D eigenvalue weighted by Crippen LogP contribution is 2.34. The first-order valence-electron chi connectivity index (χ1n) is 14.3. The summed E-state index contributed by atoms with van der Waals surface area (Å²) in [5, 5.41) is 0. The molecule has 4 aromatic carbocycles. The summed E-state index contributed by atoms with van der Waals surface area (Å²) in [5.41, 5.74) is 5.00. The van der Waals surface area contributed by atoms with Crippen LogP contribution < -0.4 is 9.64 Å². The van der Waals surface area contributed by atoms with E-state index in [9.17, 15) is 14.4 Å². The van der Waals surface area contributed by atoms with Gasteiger partial charge in [0.05, 0.1) is 18.3 Å². The minimum absolute atomic E-state index is 0.0138. The highest BCUT2D eigenvalue weighted by Gasteiger charge is 2.30. The predicted molar refractivity (Wildman–Crippen MR) is 162 cm³/mol. The number of Topliss-reactive ketones (excluding diaryl/α,β-unsaturated/α-hetero) is 1. The summed E-state index contributed by atoms with van der Waals surface area (Å²) < 4.78 is 5.59. The molecule has 0 saturated carbocycles. The number of ether oxygens (including phenoxy) is 1. The van der Waals surface area contributed by atoms with Crippen LogP contribution in [0.3, 0.4) is 0 Å². The molecule has 7 heteroatoms. The van der Waals surface area contributed by atoms with Crippen LogP contribution in [0.5, 0.6) is 5.75 Å². The SMILES string of the molecule is CC(=O)c1ccc2c(c1)N(Cc1cccc(C(=O)N3CCN(C(c4ccccc4)c4ccccc4)CC3)c1)C(=O)CO2. The van der Waals surface area contributed by atoms with Crippen LogP contribution in [0.15, 0.2) is 103 Å². The smallest absolute Gasteiger partial charge is 0.265 e. The van der Waals surface area contributed by atoms with Crippen LogP contribution in [0.2, 0.25) is 0 Å². The number of carbonyl (C=O) groups is 3. The van der Waals surface area contributed by atoms with E-state index < -0.39 is 0 Å². The Kier molecular flexibility index (Phi) is 7.84. The lowest BCUT2D eigenvalue weighted by Gasteiger charge is -2.40. The molecule has 0 N–H and O–H groups in total. The molecule has 0 atom stereocenters. The number of fused-ring (bicyclic) bond motifs is 1. The minimum atomic E-state index is -0.192. The Balaban J connectivity index is 1.16. The van der Waals surface area contributed by atoms with Gasteiger partial charge in [-0.05, 0) is 53.9 Å². The third kappa shape index (κ3) is 5.69. The van der Waals surface area contributed by atoms with Crippen molar-refractivity contribution < 1.29 is 19.1 Å². The van der Waals surface area contributed by atoms with E-state index in [1.54, 1.807) is 23.1 Å². The summed E-state index contributed by atoms with van der Waals surface area (Å²) in [6.07, 6.45) is 0. The number of hydrogen-bond donors (Lipinski definition) is 0. The van der Waals surface area contributed by atoms with E-state index in [1.165, 1.54) is 18.1 Å². The van der Waals surface area contributed by atoms with Crippen LogP contribution in [0.25, 0.3) is 0 Å². The van der Waals surface area contributed by atoms with Gasteiger partial charge in [0.2, 0.25) is 0 Å². The highest BCUT2D eigenvalue weighted by molar-refractivity contribution is 6.01. The van der Waals surface area contributed by atoms with E-state index in [0.29, 0.717) is 35.7 Å². The van der Waals surface area contributed by atoms with Crippen molar-refractivity contribution in [1.82, 2.24) is 9.80 Å². The van der Waals surface area contributed by atoms with Gasteiger partial charge in [0.25, 0.3) is 11.8 Å². The standard InChI is InChI=1S/C35H33N3O4/c1-25(39)29-15-16-32-31(22-29)38(33(40)24-42-32)23-26-9-8-14-30(21-26)35(41)37-19-17-36(18-20-37)34(27-10-4-2-5-11-27)28-12-6-3-7-13-28/h2-16,21-22,34H,17-20,23-24H2,1H3. The zero-order chi connectivity index (χ0) is 29.1. The first kappa shape index (κ1) is 27.4. The van der Waals surface area contributed by atoms with Gasteiger partial charge in [0.15, 0.2) is 12.4 Å². The van der Waals surface area contributed by atoms with Crippen LogP contribution >= 0.6 is 0 Å². The van der Waals surface area contributed by atoms with Crippen molar-refractivity contribution >= 4 is 23.3 Å². The lowest BCUT2D eigenvalue weighted by molar-refractivity contribution is -0.121. The van der Waals surface area contributed by atoms with Crippen molar-refractivity contribution in [3.8, 4) is 5.75 Å². The molecule has 0 spiro atoms. The zero-order valence-electron chi connectivity index (χ0n) is 23.6. The molecular weight excluding hydrogens is 526 g/mol. The number of hydrogen-bond acceptors (Lipinski definition) is 5. The van der Waals surface area contributed by atoms with Gasteiger partial charge in [0.1, 0.15) is 5.75 Å². The molecule has 4 aromatic rings. The Bertz CT molecular complexity index is 1560. The zero-order valence-corrected chi connectivity index (χ0v) is 23.6. The van der Waals surface area contributed by atoms with Crippen molar-refractivity contribution in [2.24, 2.45) is 0 Å². The minimum Gasteiger partial charge on any atom is -0.482 e. The van der Waals surface area contributed by atoms with E-state index in [2.05, 4.69) is 53.4 Å². The van der Waals surface area contributed by atoms with Gasteiger partial charge >= 0.3 is 0 Å². The van der Waals surface area contributed by atoms with Crippen molar-refractivity contribution in [1.29, 1.82) is 0 Å². The number of benzene rings is 4. The molecule has 6 rings (SSSR count). The predicted octanol–water partition coefficient (Wildman–Crippen LogP) is 5.36. The highest BCUT2D eigenvalue weighted by atomic mass is 16.5. The third-order valence-corrected chi connectivity index (χ3v) is 8.02. The quantitative estimate of drug-likeness (QED) is 0.285. The molecule has 0 aromatic heterocycles. The van der Waals surface area contributed by atoms with E-state index in [4.69, 9.17) is 4.74 Å². The molecule has 2 aliphatic heterocycles. The summed E-state index contributed by atoms with van der Waals surface area (Å²) in [5.74, 6) is 0.277. The number of anilines is 1. The van der Waals surface area contributed by atoms with Crippen LogP contribution in [-0.4, -0.2) is 60.2 Å². The average Bonchev–Trinajstić information content (AvgIpc) is 3.03. The number of nitrogens with zero attached hydrogens (tertiary/aromatic N) is 3. The number of amides is 2. The Morgan fingerprint density at radius 1 is 0.762 bits per heavy atom. The second-order valence-corrected chi connectivity index (χ2v) is 10.8. The van der Waals surface area contributed by atoms with Crippen molar-refractivity contribution in [3.05, 3.63) is 131 Å². The first-order chi connectivity index (χ1) is 20.5. The molecule has 1 saturated heterocycles. The number of rotatable bonds is 7. The van der Waals surface area contributed by atoms with Crippen molar-refractivity contribution in [2.75, 3.05) is 37.7 Å². The van der Waals surface area contributed by atoms with Crippen LogP contribution in [0, 0.1) is 0 Å². The van der Waals surface area contributed by atoms with Crippen molar-refractivity contribution in [2.45, 2.75) is 19.5 Å². The third-order valence-electron chi connectivity index (χ3n) is 8.02.